The predicted molar refractivity (Wildman–Crippen MR) is 115 cm³/mol. The van der Waals surface area contributed by atoms with E-state index in [0.29, 0.717) is 21.1 Å². The van der Waals surface area contributed by atoms with Crippen LogP contribution in [0.5, 0.6) is 0 Å². The summed E-state index contributed by atoms with van der Waals surface area (Å²) in [6, 6.07) is 9.11. The van der Waals surface area contributed by atoms with E-state index in [2.05, 4.69) is 10.6 Å². The molecule has 1 heterocycles. The van der Waals surface area contributed by atoms with E-state index < -0.39 is 5.97 Å². The number of benzene rings is 1. The lowest BCUT2D eigenvalue weighted by Gasteiger charge is -2.20. The predicted octanol–water partition coefficient (Wildman–Crippen LogP) is 5.00. The second kappa shape index (κ2) is 9.69. The summed E-state index contributed by atoms with van der Waals surface area (Å²) in [5.41, 5.74) is 1.44. The van der Waals surface area contributed by atoms with Crippen LogP contribution in [0.3, 0.4) is 0 Å². The van der Waals surface area contributed by atoms with E-state index in [4.69, 9.17) is 4.74 Å². The molecule has 1 saturated carbocycles. The van der Waals surface area contributed by atoms with Crippen LogP contribution in [0.25, 0.3) is 0 Å². The molecule has 0 saturated heterocycles. The minimum Gasteiger partial charge on any atom is -0.462 e. The van der Waals surface area contributed by atoms with Gasteiger partial charge in [0.15, 0.2) is 0 Å². The topological polar surface area (TPSA) is 84.5 Å². The number of rotatable bonds is 6. The lowest BCUT2D eigenvalue weighted by molar-refractivity contribution is -0.120. The highest BCUT2D eigenvalue weighted by Crippen LogP contribution is 2.35. The number of carbonyl (C=O) groups excluding carboxylic acids is 3. The molecule has 2 N–H and O–H groups in total. The number of nitrogens with one attached hydrogen (secondary N) is 2. The largest absolute Gasteiger partial charge is 0.462 e. The monoisotopic (exact) mass is 414 g/mol. The molecule has 29 heavy (non-hydrogen) atoms. The molecule has 1 aliphatic carbocycles. The van der Waals surface area contributed by atoms with Crippen LogP contribution >= 0.6 is 11.3 Å². The van der Waals surface area contributed by atoms with Crippen LogP contribution in [-0.2, 0) is 9.53 Å². The summed E-state index contributed by atoms with van der Waals surface area (Å²) >= 11 is 1.12. The first kappa shape index (κ1) is 21.0. The molecule has 0 unspecified atom stereocenters. The molecule has 154 valence electrons. The van der Waals surface area contributed by atoms with Crippen molar-refractivity contribution in [2.45, 2.75) is 46.0 Å². The zero-order valence-electron chi connectivity index (χ0n) is 16.7. The summed E-state index contributed by atoms with van der Waals surface area (Å²) < 4.78 is 5.17. The Bertz CT molecular complexity index is 886. The quantitative estimate of drug-likeness (QED) is 0.651. The second-order valence-electron chi connectivity index (χ2n) is 7.13. The zero-order valence-corrected chi connectivity index (χ0v) is 17.6. The molecule has 1 fully saturated rings. The van der Waals surface area contributed by atoms with Crippen molar-refractivity contribution in [3.63, 3.8) is 0 Å². The zero-order chi connectivity index (χ0) is 20.8. The molecule has 0 atom stereocenters. The third-order valence-electron chi connectivity index (χ3n) is 5.08. The number of carbonyl (C=O) groups is 3. The van der Waals surface area contributed by atoms with E-state index in [1.54, 1.807) is 26.0 Å². The van der Waals surface area contributed by atoms with E-state index in [1.165, 1.54) is 0 Å². The Balaban J connectivity index is 1.87. The molecule has 0 bridgehead atoms. The fourth-order valence-electron chi connectivity index (χ4n) is 3.56. The van der Waals surface area contributed by atoms with Crippen LogP contribution in [0.1, 0.15) is 64.6 Å². The van der Waals surface area contributed by atoms with Crippen molar-refractivity contribution in [2.24, 2.45) is 5.92 Å². The van der Waals surface area contributed by atoms with Crippen LogP contribution in [-0.4, -0.2) is 24.4 Å². The van der Waals surface area contributed by atoms with Gasteiger partial charge in [-0.1, -0.05) is 37.5 Å². The van der Waals surface area contributed by atoms with Crippen LogP contribution in [0.4, 0.5) is 10.7 Å². The normalized spacial score (nSPS) is 14.3. The summed E-state index contributed by atoms with van der Waals surface area (Å²) in [5.74, 6) is -0.990. The maximum atomic E-state index is 12.8. The smallest absolute Gasteiger partial charge is 0.341 e. The van der Waals surface area contributed by atoms with Gasteiger partial charge in [0.2, 0.25) is 5.91 Å². The lowest BCUT2D eigenvalue weighted by Crippen LogP contribution is -2.25. The van der Waals surface area contributed by atoms with Crippen LogP contribution < -0.4 is 10.6 Å². The molecule has 0 aliphatic heterocycles. The van der Waals surface area contributed by atoms with E-state index in [9.17, 15) is 14.4 Å². The van der Waals surface area contributed by atoms with Crippen molar-refractivity contribution >= 4 is 39.8 Å². The van der Waals surface area contributed by atoms with Gasteiger partial charge in [0.05, 0.1) is 17.0 Å². The van der Waals surface area contributed by atoms with Crippen LogP contribution in [0.15, 0.2) is 30.3 Å². The van der Waals surface area contributed by atoms with Gasteiger partial charge in [-0.25, -0.2) is 4.79 Å². The van der Waals surface area contributed by atoms with Crippen molar-refractivity contribution in [3.8, 4) is 0 Å². The summed E-state index contributed by atoms with van der Waals surface area (Å²) in [5, 5.41) is 6.12. The van der Waals surface area contributed by atoms with Gasteiger partial charge in [0.25, 0.3) is 5.91 Å². The minimum atomic E-state index is -0.529. The number of ether oxygens (including phenoxy) is 1. The molecule has 7 heteroatoms. The number of hydrogen-bond donors (Lipinski definition) is 2. The number of anilines is 2. The molecule has 1 aromatic carbocycles. The van der Waals surface area contributed by atoms with Crippen molar-refractivity contribution in [1.29, 1.82) is 0 Å². The Morgan fingerprint density at radius 1 is 1.07 bits per heavy atom. The number of esters is 1. The van der Waals surface area contributed by atoms with Gasteiger partial charge in [0, 0.05) is 11.6 Å². The van der Waals surface area contributed by atoms with E-state index in [-0.39, 0.29) is 29.9 Å². The third kappa shape index (κ3) is 5.03. The molecule has 2 aromatic rings. The SMILES string of the molecule is CCOC(=O)c1c(NC(=O)C2CCCCC2)sc(C(=O)Nc2ccccc2)c1C. The third-order valence-corrected chi connectivity index (χ3v) is 6.28. The molecular weight excluding hydrogens is 388 g/mol. The standard InChI is InChI=1S/C22H26N2O4S/c1-3-28-22(27)17-14(2)18(20(26)23-16-12-8-5-9-13-16)29-21(17)24-19(25)15-10-6-4-7-11-15/h5,8-9,12-13,15H,3-4,6-7,10-11H2,1-2H3,(H,23,26)(H,24,25). The van der Waals surface area contributed by atoms with E-state index >= 15 is 0 Å². The van der Waals surface area contributed by atoms with Gasteiger partial charge in [-0.15, -0.1) is 11.3 Å². The van der Waals surface area contributed by atoms with Gasteiger partial charge in [-0.05, 0) is 44.4 Å². The average molecular weight is 415 g/mol. The van der Waals surface area contributed by atoms with Crippen LogP contribution in [0.2, 0.25) is 0 Å². The Morgan fingerprint density at radius 3 is 2.41 bits per heavy atom. The maximum Gasteiger partial charge on any atom is 0.341 e. The lowest BCUT2D eigenvalue weighted by atomic mass is 9.89. The average Bonchev–Trinajstić information content (AvgIpc) is 3.05. The summed E-state index contributed by atoms with van der Waals surface area (Å²) in [4.78, 5) is 38.5. The molecule has 1 aromatic heterocycles. The molecular formula is C22H26N2O4S. The molecule has 2 amide bonds. The Hall–Kier alpha value is -2.67. The Kier molecular flexibility index (Phi) is 7.04. The fraction of sp³-hybridized carbons (Fsp3) is 0.409. The molecule has 3 rings (SSSR count). The molecule has 0 spiro atoms. The van der Waals surface area contributed by atoms with Gasteiger partial charge < -0.3 is 15.4 Å². The first-order valence-corrected chi connectivity index (χ1v) is 10.8. The number of thiophene rings is 1. The van der Waals surface area contributed by atoms with Gasteiger partial charge in [-0.3, -0.25) is 9.59 Å². The van der Waals surface area contributed by atoms with Crippen molar-refractivity contribution < 1.29 is 19.1 Å². The van der Waals surface area contributed by atoms with Gasteiger partial charge >= 0.3 is 5.97 Å². The Morgan fingerprint density at radius 2 is 1.76 bits per heavy atom. The first-order chi connectivity index (χ1) is 14.0. The van der Waals surface area contributed by atoms with E-state index in [1.807, 2.05) is 18.2 Å². The van der Waals surface area contributed by atoms with E-state index in [0.717, 1.165) is 43.4 Å². The Labute approximate surface area is 174 Å². The van der Waals surface area contributed by atoms with Gasteiger partial charge in [-0.2, -0.15) is 0 Å². The molecule has 0 radical (unpaired) electrons. The summed E-state index contributed by atoms with van der Waals surface area (Å²) in [6.07, 6.45) is 4.94. The fourth-order valence-corrected chi connectivity index (χ4v) is 4.65. The molecule has 1 aliphatic rings. The van der Waals surface area contributed by atoms with Crippen molar-refractivity contribution in [2.75, 3.05) is 17.2 Å². The molecule has 6 nitrogen and oxygen atoms in total. The summed E-state index contributed by atoms with van der Waals surface area (Å²) in [6.45, 7) is 3.65. The first-order valence-electron chi connectivity index (χ1n) is 9.99. The number of amides is 2. The summed E-state index contributed by atoms with van der Waals surface area (Å²) in [7, 11) is 0. The second-order valence-corrected chi connectivity index (χ2v) is 8.15. The maximum absolute atomic E-state index is 12.8. The van der Waals surface area contributed by atoms with Gasteiger partial charge in [0.1, 0.15) is 5.00 Å². The van der Waals surface area contributed by atoms with Crippen molar-refractivity contribution in [1.82, 2.24) is 0 Å². The highest BCUT2D eigenvalue weighted by molar-refractivity contribution is 7.18. The number of para-hydroxylation sites is 1. The highest BCUT2D eigenvalue weighted by Gasteiger charge is 2.29. The number of hydrogen-bond acceptors (Lipinski definition) is 5. The highest BCUT2D eigenvalue weighted by atomic mass is 32.1. The van der Waals surface area contributed by atoms with Crippen LogP contribution in [0, 0.1) is 12.8 Å². The minimum absolute atomic E-state index is 0.0530. The van der Waals surface area contributed by atoms with Crippen molar-refractivity contribution in [3.05, 3.63) is 46.3 Å².